The highest BCUT2D eigenvalue weighted by Crippen LogP contribution is 2.31. The Labute approximate surface area is 169 Å². The Kier molecular flexibility index (Phi) is 7.03. The van der Waals surface area contributed by atoms with Gasteiger partial charge in [-0.25, -0.2) is 0 Å². The van der Waals surface area contributed by atoms with E-state index in [-0.39, 0.29) is 0 Å². The van der Waals surface area contributed by atoms with E-state index in [1.807, 2.05) is 30.1 Å². The van der Waals surface area contributed by atoms with Gasteiger partial charge in [-0.3, -0.25) is 4.90 Å². The molecule has 29 heavy (non-hydrogen) atoms. The van der Waals surface area contributed by atoms with Crippen LogP contribution in [0.4, 0.5) is 13.2 Å². The molecule has 0 radical (unpaired) electrons. The van der Waals surface area contributed by atoms with E-state index >= 15 is 0 Å². The fraction of sp³-hybridized carbons (Fsp3) is 0.455. The summed E-state index contributed by atoms with van der Waals surface area (Å²) in [6, 6.07) is 11.1. The number of nitrogens with zero attached hydrogens (tertiary/aromatic N) is 1. The first kappa shape index (κ1) is 21.5. The molecule has 1 unspecified atom stereocenters. The number of ether oxygens (including phenoxy) is 3. The van der Waals surface area contributed by atoms with Gasteiger partial charge >= 0.3 is 6.18 Å². The van der Waals surface area contributed by atoms with E-state index in [0.29, 0.717) is 37.1 Å². The third-order valence-corrected chi connectivity index (χ3v) is 4.91. The first-order valence-electron chi connectivity index (χ1n) is 9.57. The quantitative estimate of drug-likeness (QED) is 0.629. The summed E-state index contributed by atoms with van der Waals surface area (Å²) in [5.74, 6) is 1.77. The summed E-state index contributed by atoms with van der Waals surface area (Å²) in [6.07, 6.45) is -3.31. The molecule has 1 saturated heterocycles. The fourth-order valence-corrected chi connectivity index (χ4v) is 3.33. The Morgan fingerprint density at radius 1 is 1.03 bits per heavy atom. The molecule has 0 N–H and O–H groups in total. The maximum Gasteiger partial charge on any atom is 0.416 e. The highest BCUT2D eigenvalue weighted by molar-refractivity contribution is 5.43. The minimum Gasteiger partial charge on any atom is -0.493 e. The molecule has 0 aliphatic carbocycles. The van der Waals surface area contributed by atoms with Crippen LogP contribution in [0.1, 0.15) is 23.1 Å². The van der Waals surface area contributed by atoms with Crippen molar-refractivity contribution in [2.24, 2.45) is 5.92 Å². The van der Waals surface area contributed by atoms with Crippen molar-refractivity contribution in [1.82, 2.24) is 4.90 Å². The molecule has 1 heterocycles. The summed E-state index contributed by atoms with van der Waals surface area (Å²) in [4.78, 5) is 2.04. The predicted molar refractivity (Wildman–Crippen MR) is 104 cm³/mol. The van der Waals surface area contributed by atoms with Gasteiger partial charge in [-0.05, 0) is 48.9 Å². The fourth-order valence-electron chi connectivity index (χ4n) is 3.33. The standard InChI is InChI=1S/C22H26F3NO3/c1-26(12-16-3-6-19(7-4-16)22(23,24)25)13-17-5-8-20(27-2)21(11-17)29-15-18-9-10-28-14-18/h3-8,11,18H,9-10,12-15H2,1-2H3. The molecule has 158 valence electrons. The lowest BCUT2D eigenvalue weighted by Gasteiger charge is -2.19. The number of rotatable bonds is 8. The van der Waals surface area contributed by atoms with Gasteiger partial charge < -0.3 is 14.2 Å². The van der Waals surface area contributed by atoms with Gasteiger partial charge in [-0.2, -0.15) is 13.2 Å². The summed E-state index contributed by atoms with van der Waals surface area (Å²) >= 11 is 0. The van der Waals surface area contributed by atoms with E-state index in [1.54, 1.807) is 7.11 Å². The molecule has 1 aliphatic rings. The summed E-state index contributed by atoms with van der Waals surface area (Å²) < 4.78 is 54.8. The van der Waals surface area contributed by atoms with Gasteiger partial charge in [-0.15, -0.1) is 0 Å². The minimum atomic E-state index is -4.31. The van der Waals surface area contributed by atoms with E-state index in [9.17, 15) is 13.2 Å². The summed E-state index contributed by atoms with van der Waals surface area (Å²) in [7, 11) is 3.54. The number of halogens is 3. The van der Waals surface area contributed by atoms with Crippen molar-refractivity contribution in [3.63, 3.8) is 0 Å². The summed E-state index contributed by atoms with van der Waals surface area (Å²) in [5, 5.41) is 0. The Bertz CT molecular complexity index is 787. The molecule has 1 atom stereocenters. The van der Waals surface area contributed by atoms with Crippen molar-refractivity contribution >= 4 is 0 Å². The average Bonchev–Trinajstić information content (AvgIpc) is 3.20. The first-order valence-corrected chi connectivity index (χ1v) is 9.57. The molecule has 2 aromatic rings. The zero-order chi connectivity index (χ0) is 20.9. The molecule has 0 bridgehead atoms. The van der Waals surface area contributed by atoms with Crippen LogP contribution in [0.5, 0.6) is 11.5 Å². The van der Waals surface area contributed by atoms with Gasteiger partial charge in [-0.1, -0.05) is 18.2 Å². The normalized spacial score (nSPS) is 17.0. The zero-order valence-electron chi connectivity index (χ0n) is 16.7. The maximum absolute atomic E-state index is 12.7. The van der Waals surface area contributed by atoms with Crippen molar-refractivity contribution in [3.8, 4) is 11.5 Å². The maximum atomic E-state index is 12.7. The van der Waals surface area contributed by atoms with Crippen molar-refractivity contribution in [2.75, 3.05) is 34.0 Å². The van der Waals surface area contributed by atoms with Gasteiger partial charge in [0.1, 0.15) is 0 Å². The van der Waals surface area contributed by atoms with Crippen molar-refractivity contribution in [1.29, 1.82) is 0 Å². The van der Waals surface area contributed by atoms with Gasteiger partial charge in [0.25, 0.3) is 0 Å². The molecule has 7 heteroatoms. The number of alkyl halides is 3. The Balaban J connectivity index is 1.60. The highest BCUT2D eigenvalue weighted by atomic mass is 19.4. The van der Waals surface area contributed by atoms with Crippen LogP contribution >= 0.6 is 0 Å². The number of hydrogen-bond acceptors (Lipinski definition) is 4. The molecule has 0 aromatic heterocycles. The van der Waals surface area contributed by atoms with Gasteiger partial charge in [0.2, 0.25) is 0 Å². The third-order valence-electron chi connectivity index (χ3n) is 4.91. The predicted octanol–water partition coefficient (Wildman–Crippen LogP) is 4.76. The van der Waals surface area contributed by atoms with Crippen LogP contribution in [-0.2, 0) is 24.0 Å². The monoisotopic (exact) mass is 409 g/mol. The van der Waals surface area contributed by atoms with Crippen LogP contribution in [0, 0.1) is 5.92 Å². The lowest BCUT2D eigenvalue weighted by molar-refractivity contribution is -0.137. The molecule has 4 nitrogen and oxygen atoms in total. The van der Waals surface area contributed by atoms with E-state index < -0.39 is 11.7 Å². The number of methoxy groups -OCH3 is 1. The SMILES string of the molecule is COc1ccc(CN(C)Cc2ccc(C(F)(F)F)cc2)cc1OCC1CCOC1. The van der Waals surface area contributed by atoms with Crippen molar-refractivity contribution < 1.29 is 27.4 Å². The van der Waals surface area contributed by atoms with Gasteiger partial charge in [0.15, 0.2) is 11.5 Å². The molecule has 1 aliphatic heterocycles. The van der Waals surface area contributed by atoms with Crippen molar-refractivity contribution in [2.45, 2.75) is 25.7 Å². The van der Waals surface area contributed by atoms with Crippen LogP contribution in [0.25, 0.3) is 0 Å². The van der Waals surface area contributed by atoms with Gasteiger partial charge in [0.05, 0.1) is 25.9 Å². The third kappa shape index (κ3) is 6.11. The molecule has 3 rings (SSSR count). The van der Waals surface area contributed by atoms with Crippen LogP contribution < -0.4 is 9.47 Å². The van der Waals surface area contributed by atoms with Gasteiger partial charge in [0, 0.05) is 25.6 Å². The smallest absolute Gasteiger partial charge is 0.416 e. The van der Waals surface area contributed by atoms with Crippen molar-refractivity contribution in [3.05, 3.63) is 59.2 Å². The summed E-state index contributed by atoms with van der Waals surface area (Å²) in [5.41, 5.74) is 1.23. The van der Waals surface area contributed by atoms with E-state index in [4.69, 9.17) is 14.2 Å². The molecule has 2 aromatic carbocycles. The largest absolute Gasteiger partial charge is 0.493 e. The number of hydrogen-bond donors (Lipinski definition) is 0. The molecule has 0 saturated carbocycles. The van der Waals surface area contributed by atoms with E-state index in [1.165, 1.54) is 12.1 Å². The second kappa shape index (κ2) is 9.50. The first-order chi connectivity index (χ1) is 13.8. The van der Waals surface area contributed by atoms with Crippen LogP contribution in [-0.4, -0.2) is 38.9 Å². The van der Waals surface area contributed by atoms with Crippen LogP contribution in [0.15, 0.2) is 42.5 Å². The average molecular weight is 409 g/mol. The molecular formula is C22H26F3NO3. The van der Waals surface area contributed by atoms with Crippen LogP contribution in [0.2, 0.25) is 0 Å². The second-order valence-corrected chi connectivity index (χ2v) is 7.39. The Morgan fingerprint density at radius 3 is 2.34 bits per heavy atom. The Morgan fingerprint density at radius 2 is 1.72 bits per heavy atom. The number of benzene rings is 2. The Hall–Kier alpha value is -2.25. The lowest BCUT2D eigenvalue weighted by Crippen LogP contribution is -2.18. The van der Waals surface area contributed by atoms with Crippen LogP contribution in [0.3, 0.4) is 0 Å². The molecule has 0 spiro atoms. The topological polar surface area (TPSA) is 30.9 Å². The highest BCUT2D eigenvalue weighted by Gasteiger charge is 2.29. The minimum absolute atomic E-state index is 0.394. The van der Waals surface area contributed by atoms with E-state index in [0.717, 1.165) is 42.9 Å². The molecule has 0 amide bonds. The lowest BCUT2D eigenvalue weighted by atomic mass is 10.1. The molecule has 1 fully saturated rings. The second-order valence-electron chi connectivity index (χ2n) is 7.39. The zero-order valence-corrected chi connectivity index (χ0v) is 16.7. The summed E-state index contributed by atoms with van der Waals surface area (Å²) in [6.45, 7) is 3.26. The molecular weight excluding hydrogens is 383 g/mol. The van der Waals surface area contributed by atoms with E-state index in [2.05, 4.69) is 0 Å².